The molecule has 6 heteroatoms. The van der Waals surface area contributed by atoms with Gasteiger partial charge in [-0.1, -0.05) is 12.1 Å². The average Bonchev–Trinajstić information content (AvgIpc) is 2.99. The third-order valence-electron chi connectivity index (χ3n) is 4.85. The third-order valence-corrected chi connectivity index (χ3v) is 4.85. The number of hydrogen-bond donors (Lipinski definition) is 2. The topological polar surface area (TPSA) is 61.8 Å². The standard InChI is InChI=1S/C17H23FN2O3/c18-15-4-2-1-3-14(15)17(22)19-16-10-20(9-12(16)11-21)13-5-7-23-8-6-13/h1-4,12-13,16,21H,5-11H2,(H,19,22)/t12-,16+/m0/s1. The first-order chi connectivity index (χ1) is 11.2. The Morgan fingerprint density at radius 1 is 1.30 bits per heavy atom. The van der Waals surface area contributed by atoms with Crippen molar-refractivity contribution in [2.24, 2.45) is 5.92 Å². The molecule has 2 aliphatic heterocycles. The summed E-state index contributed by atoms with van der Waals surface area (Å²) in [5.74, 6) is -0.959. The number of hydrogen-bond acceptors (Lipinski definition) is 4. The molecule has 0 unspecified atom stereocenters. The molecule has 0 aliphatic carbocycles. The van der Waals surface area contributed by atoms with Gasteiger partial charge in [-0.2, -0.15) is 0 Å². The second-order valence-corrected chi connectivity index (χ2v) is 6.30. The Labute approximate surface area is 135 Å². The van der Waals surface area contributed by atoms with Gasteiger partial charge in [-0.3, -0.25) is 9.69 Å². The highest BCUT2D eigenvalue weighted by molar-refractivity contribution is 5.94. The molecule has 0 radical (unpaired) electrons. The van der Waals surface area contributed by atoms with Crippen LogP contribution in [0.25, 0.3) is 0 Å². The number of carbonyl (C=O) groups excluding carboxylic acids is 1. The highest BCUT2D eigenvalue weighted by Gasteiger charge is 2.37. The summed E-state index contributed by atoms with van der Waals surface area (Å²) in [6.45, 7) is 2.98. The van der Waals surface area contributed by atoms with E-state index in [1.165, 1.54) is 12.1 Å². The highest BCUT2D eigenvalue weighted by Crippen LogP contribution is 2.24. The molecule has 0 bridgehead atoms. The van der Waals surface area contributed by atoms with Crippen molar-refractivity contribution < 1.29 is 19.0 Å². The van der Waals surface area contributed by atoms with Crippen LogP contribution in [0, 0.1) is 11.7 Å². The van der Waals surface area contributed by atoms with Crippen LogP contribution in [0.4, 0.5) is 4.39 Å². The Bertz CT molecular complexity index is 548. The van der Waals surface area contributed by atoms with E-state index in [2.05, 4.69) is 10.2 Å². The number of nitrogens with zero attached hydrogens (tertiary/aromatic N) is 1. The lowest BCUT2D eigenvalue weighted by atomic mass is 10.0. The van der Waals surface area contributed by atoms with E-state index in [1.54, 1.807) is 12.1 Å². The summed E-state index contributed by atoms with van der Waals surface area (Å²) >= 11 is 0. The SMILES string of the molecule is O=C(N[C@@H]1CN(C2CCOCC2)C[C@H]1CO)c1ccccc1F. The number of ether oxygens (including phenoxy) is 1. The van der Waals surface area contributed by atoms with Crippen molar-refractivity contribution in [3.05, 3.63) is 35.6 Å². The summed E-state index contributed by atoms with van der Waals surface area (Å²) in [7, 11) is 0. The fourth-order valence-electron chi connectivity index (χ4n) is 3.49. The van der Waals surface area contributed by atoms with Crippen LogP contribution in [0.2, 0.25) is 0 Å². The van der Waals surface area contributed by atoms with Crippen LogP contribution in [0.15, 0.2) is 24.3 Å². The van der Waals surface area contributed by atoms with Gasteiger partial charge < -0.3 is 15.2 Å². The number of nitrogens with one attached hydrogen (secondary N) is 1. The van der Waals surface area contributed by atoms with Gasteiger partial charge in [0, 0.05) is 50.9 Å². The fourth-order valence-corrected chi connectivity index (χ4v) is 3.49. The zero-order chi connectivity index (χ0) is 16.2. The Morgan fingerprint density at radius 2 is 2.04 bits per heavy atom. The quantitative estimate of drug-likeness (QED) is 0.869. The summed E-state index contributed by atoms with van der Waals surface area (Å²) < 4.78 is 19.1. The number of rotatable bonds is 4. The van der Waals surface area contributed by atoms with Gasteiger partial charge in [-0.25, -0.2) is 4.39 Å². The smallest absolute Gasteiger partial charge is 0.254 e. The van der Waals surface area contributed by atoms with Crippen molar-refractivity contribution in [1.29, 1.82) is 0 Å². The molecular weight excluding hydrogens is 299 g/mol. The maximum absolute atomic E-state index is 13.7. The van der Waals surface area contributed by atoms with E-state index in [0.717, 1.165) is 32.6 Å². The lowest BCUT2D eigenvalue weighted by Crippen LogP contribution is -2.43. The monoisotopic (exact) mass is 322 g/mol. The average molecular weight is 322 g/mol. The molecule has 0 spiro atoms. The second-order valence-electron chi connectivity index (χ2n) is 6.30. The predicted molar refractivity (Wildman–Crippen MR) is 83.6 cm³/mol. The fraction of sp³-hybridized carbons (Fsp3) is 0.588. The van der Waals surface area contributed by atoms with Gasteiger partial charge in [0.1, 0.15) is 5.82 Å². The first kappa shape index (κ1) is 16.4. The molecule has 126 valence electrons. The van der Waals surface area contributed by atoms with Crippen molar-refractivity contribution in [2.45, 2.75) is 24.9 Å². The Morgan fingerprint density at radius 3 is 2.74 bits per heavy atom. The molecule has 5 nitrogen and oxygen atoms in total. The van der Waals surface area contributed by atoms with E-state index in [0.29, 0.717) is 12.6 Å². The third kappa shape index (κ3) is 3.71. The first-order valence-corrected chi connectivity index (χ1v) is 8.17. The minimum absolute atomic E-state index is 0.0158. The lowest BCUT2D eigenvalue weighted by molar-refractivity contribution is 0.0398. The van der Waals surface area contributed by atoms with Crippen LogP contribution in [0.1, 0.15) is 23.2 Å². The summed E-state index contributed by atoms with van der Waals surface area (Å²) in [6.07, 6.45) is 1.96. The van der Waals surface area contributed by atoms with Gasteiger partial charge in [0.15, 0.2) is 0 Å². The number of aliphatic hydroxyl groups is 1. The summed E-state index contributed by atoms with van der Waals surface area (Å²) in [6, 6.07) is 6.24. The maximum atomic E-state index is 13.7. The lowest BCUT2D eigenvalue weighted by Gasteiger charge is -2.31. The molecular formula is C17H23FN2O3. The molecule has 0 aromatic heterocycles. The van der Waals surface area contributed by atoms with Gasteiger partial charge >= 0.3 is 0 Å². The molecule has 0 saturated carbocycles. The number of likely N-dealkylation sites (tertiary alicyclic amines) is 1. The van der Waals surface area contributed by atoms with Crippen molar-refractivity contribution in [3.63, 3.8) is 0 Å². The number of carbonyl (C=O) groups is 1. The molecule has 2 atom stereocenters. The van der Waals surface area contributed by atoms with Gasteiger partial charge in [0.2, 0.25) is 0 Å². The number of halogens is 1. The van der Waals surface area contributed by atoms with Gasteiger partial charge in [0.05, 0.1) is 5.56 Å². The second kappa shape index (κ2) is 7.38. The molecule has 2 heterocycles. The van der Waals surface area contributed by atoms with E-state index in [1.807, 2.05) is 0 Å². The van der Waals surface area contributed by atoms with Crippen LogP contribution in [-0.4, -0.2) is 60.9 Å². The highest BCUT2D eigenvalue weighted by atomic mass is 19.1. The van der Waals surface area contributed by atoms with Crippen molar-refractivity contribution in [2.75, 3.05) is 32.9 Å². The Kier molecular flexibility index (Phi) is 5.25. The molecule has 1 aromatic rings. The number of benzene rings is 1. The molecule has 1 aromatic carbocycles. The van der Waals surface area contributed by atoms with E-state index < -0.39 is 11.7 Å². The van der Waals surface area contributed by atoms with Gasteiger partial charge in [0.25, 0.3) is 5.91 Å². The van der Waals surface area contributed by atoms with E-state index in [9.17, 15) is 14.3 Å². The predicted octanol–water partition coefficient (Wildman–Crippen LogP) is 1.03. The van der Waals surface area contributed by atoms with E-state index >= 15 is 0 Å². The van der Waals surface area contributed by atoms with Crippen LogP contribution >= 0.6 is 0 Å². The van der Waals surface area contributed by atoms with Crippen LogP contribution in [-0.2, 0) is 4.74 Å². The zero-order valence-electron chi connectivity index (χ0n) is 13.1. The number of amides is 1. The molecule has 2 saturated heterocycles. The minimum Gasteiger partial charge on any atom is -0.396 e. The number of aliphatic hydroxyl groups excluding tert-OH is 1. The molecule has 3 rings (SSSR count). The maximum Gasteiger partial charge on any atom is 0.254 e. The largest absolute Gasteiger partial charge is 0.396 e. The van der Waals surface area contributed by atoms with Crippen LogP contribution in [0.5, 0.6) is 0 Å². The summed E-state index contributed by atoms with van der Waals surface area (Å²) in [5, 5.41) is 12.5. The molecule has 2 aliphatic rings. The molecule has 2 N–H and O–H groups in total. The summed E-state index contributed by atoms with van der Waals surface area (Å²) in [4.78, 5) is 14.6. The van der Waals surface area contributed by atoms with Crippen LogP contribution in [0.3, 0.4) is 0 Å². The van der Waals surface area contributed by atoms with Crippen molar-refractivity contribution in [3.8, 4) is 0 Å². The van der Waals surface area contributed by atoms with Crippen LogP contribution < -0.4 is 5.32 Å². The Balaban J connectivity index is 1.64. The minimum atomic E-state index is -0.523. The molecule has 1 amide bonds. The van der Waals surface area contributed by atoms with Crippen molar-refractivity contribution in [1.82, 2.24) is 10.2 Å². The van der Waals surface area contributed by atoms with Gasteiger partial charge in [-0.05, 0) is 25.0 Å². The Hall–Kier alpha value is -1.50. The zero-order valence-corrected chi connectivity index (χ0v) is 13.1. The van der Waals surface area contributed by atoms with E-state index in [-0.39, 0.29) is 24.1 Å². The normalized spacial score (nSPS) is 26.3. The van der Waals surface area contributed by atoms with Crippen molar-refractivity contribution >= 4 is 5.91 Å². The van der Waals surface area contributed by atoms with Gasteiger partial charge in [-0.15, -0.1) is 0 Å². The van der Waals surface area contributed by atoms with E-state index in [4.69, 9.17) is 4.74 Å². The summed E-state index contributed by atoms with van der Waals surface area (Å²) in [5.41, 5.74) is 0.0497. The first-order valence-electron chi connectivity index (χ1n) is 8.17. The molecule has 23 heavy (non-hydrogen) atoms. The molecule has 2 fully saturated rings.